The van der Waals surface area contributed by atoms with E-state index in [1.54, 1.807) is 36.4 Å². The second-order valence-electron chi connectivity index (χ2n) is 5.35. The Morgan fingerprint density at radius 1 is 1.04 bits per heavy atom. The lowest BCUT2D eigenvalue weighted by molar-refractivity contribution is -0.139. The molecule has 1 N–H and O–H groups in total. The van der Waals surface area contributed by atoms with Crippen molar-refractivity contribution >= 4 is 32.6 Å². The van der Waals surface area contributed by atoms with Gasteiger partial charge in [-0.1, -0.05) is 42.5 Å². The van der Waals surface area contributed by atoms with Gasteiger partial charge in [-0.05, 0) is 23.6 Å². The van der Waals surface area contributed by atoms with Gasteiger partial charge < -0.3 is 4.74 Å². The Kier molecular flexibility index (Phi) is 4.67. The summed E-state index contributed by atoms with van der Waals surface area (Å²) in [7, 11) is -2.53. The Balaban J connectivity index is 1.94. The zero-order valence-electron chi connectivity index (χ0n) is 13.5. The summed E-state index contributed by atoms with van der Waals surface area (Å²) in [6, 6.07) is 17.1. The number of pyridine rings is 1. The molecule has 0 aliphatic rings. The average Bonchev–Trinajstić information content (AvgIpc) is 2.61. The number of ether oxygens (including phenoxy) is 1. The highest BCUT2D eigenvalue weighted by atomic mass is 32.2. The molecule has 0 bridgehead atoms. The number of hydrogen-bond donors (Lipinski definition) is 1. The maximum atomic E-state index is 12.8. The van der Waals surface area contributed by atoms with Crippen LogP contribution in [0.5, 0.6) is 0 Å². The van der Waals surface area contributed by atoms with E-state index in [0.29, 0.717) is 11.1 Å². The molecule has 128 valence electrons. The van der Waals surface area contributed by atoms with Gasteiger partial charge >= 0.3 is 5.97 Å². The first kappa shape index (κ1) is 16.9. The van der Waals surface area contributed by atoms with Crippen LogP contribution in [-0.4, -0.2) is 26.5 Å². The van der Waals surface area contributed by atoms with E-state index in [2.05, 4.69) is 14.4 Å². The Morgan fingerprint density at radius 3 is 2.56 bits per heavy atom. The van der Waals surface area contributed by atoms with Crippen molar-refractivity contribution in [3.8, 4) is 0 Å². The van der Waals surface area contributed by atoms with Crippen LogP contribution >= 0.6 is 0 Å². The number of hydrogen-bond acceptors (Lipinski definition) is 5. The minimum absolute atomic E-state index is 0.0274. The molecule has 0 saturated heterocycles. The molecular weight excluding hydrogens is 340 g/mol. The van der Waals surface area contributed by atoms with Crippen LogP contribution in [0.2, 0.25) is 0 Å². The van der Waals surface area contributed by atoms with Gasteiger partial charge in [-0.3, -0.25) is 9.52 Å². The molecule has 7 heteroatoms. The molecular formula is C18H16N2O4S. The van der Waals surface area contributed by atoms with E-state index in [1.165, 1.54) is 13.2 Å². The quantitative estimate of drug-likeness (QED) is 0.711. The second-order valence-corrected chi connectivity index (χ2v) is 7.00. The molecule has 1 aromatic heterocycles. The third-order valence-corrected chi connectivity index (χ3v) is 5.05. The third-order valence-electron chi connectivity index (χ3n) is 3.64. The second kappa shape index (κ2) is 6.90. The fourth-order valence-electron chi connectivity index (χ4n) is 2.48. The highest BCUT2D eigenvalue weighted by Gasteiger charge is 2.18. The topological polar surface area (TPSA) is 85.4 Å². The third kappa shape index (κ3) is 3.77. The average molecular weight is 356 g/mol. The maximum Gasteiger partial charge on any atom is 0.311 e. The first-order chi connectivity index (χ1) is 12.0. The lowest BCUT2D eigenvalue weighted by Crippen LogP contribution is -2.15. The molecule has 0 aliphatic carbocycles. The van der Waals surface area contributed by atoms with Crippen molar-refractivity contribution in [1.29, 1.82) is 0 Å². The molecule has 0 radical (unpaired) electrons. The number of esters is 1. The molecule has 25 heavy (non-hydrogen) atoms. The van der Waals surface area contributed by atoms with E-state index in [9.17, 15) is 13.2 Å². The monoisotopic (exact) mass is 356 g/mol. The first-order valence-electron chi connectivity index (χ1n) is 7.53. The number of methoxy groups -OCH3 is 1. The molecule has 3 rings (SSSR count). The summed E-state index contributed by atoms with van der Waals surface area (Å²) in [6.45, 7) is 0. The number of fused-ring (bicyclic) bond motifs is 1. The number of aromatic nitrogens is 1. The summed E-state index contributed by atoms with van der Waals surface area (Å²) in [4.78, 5) is 15.7. The first-order valence-corrected chi connectivity index (χ1v) is 9.01. The van der Waals surface area contributed by atoms with Gasteiger partial charge in [0.25, 0.3) is 10.0 Å². The summed E-state index contributed by atoms with van der Waals surface area (Å²) < 4.78 is 32.6. The summed E-state index contributed by atoms with van der Waals surface area (Å²) in [5, 5.41) is 1.46. The van der Waals surface area contributed by atoms with Gasteiger partial charge in [-0.15, -0.1) is 0 Å². The molecule has 3 aromatic rings. The van der Waals surface area contributed by atoms with Crippen LogP contribution in [0.25, 0.3) is 10.8 Å². The Hall–Kier alpha value is -2.93. The van der Waals surface area contributed by atoms with Crippen LogP contribution in [0.1, 0.15) is 5.69 Å². The zero-order chi connectivity index (χ0) is 17.9. The minimum Gasteiger partial charge on any atom is -0.469 e. The fraction of sp³-hybridized carbons (Fsp3) is 0.111. The van der Waals surface area contributed by atoms with Crippen molar-refractivity contribution < 1.29 is 17.9 Å². The number of sulfonamides is 1. The van der Waals surface area contributed by atoms with Crippen molar-refractivity contribution in [2.45, 2.75) is 11.3 Å². The maximum absolute atomic E-state index is 12.8. The van der Waals surface area contributed by atoms with Gasteiger partial charge in [0.15, 0.2) is 0 Å². The van der Waals surface area contributed by atoms with Crippen molar-refractivity contribution in [3.63, 3.8) is 0 Å². The standard InChI is InChI=1S/C18H16N2O4S/c1-24-18(21)12-14-8-5-11-17(19-14)20-25(22,23)16-10-4-7-13-6-2-3-9-15(13)16/h2-11H,12H2,1H3,(H,19,20). The van der Waals surface area contributed by atoms with Gasteiger partial charge in [0.05, 0.1) is 24.1 Å². The predicted octanol–water partition coefficient (Wildman–Crippen LogP) is 2.75. The van der Waals surface area contributed by atoms with Crippen molar-refractivity contribution in [2.24, 2.45) is 0 Å². The summed E-state index contributed by atoms with van der Waals surface area (Å²) >= 11 is 0. The van der Waals surface area contributed by atoms with E-state index in [4.69, 9.17) is 0 Å². The largest absolute Gasteiger partial charge is 0.469 e. The van der Waals surface area contributed by atoms with E-state index in [-0.39, 0.29) is 17.1 Å². The van der Waals surface area contributed by atoms with E-state index < -0.39 is 16.0 Å². The number of anilines is 1. The van der Waals surface area contributed by atoms with Crippen LogP contribution < -0.4 is 4.72 Å². The van der Waals surface area contributed by atoms with Gasteiger partial charge in [-0.2, -0.15) is 0 Å². The number of benzene rings is 2. The molecule has 0 aliphatic heterocycles. The van der Waals surface area contributed by atoms with Gasteiger partial charge in [-0.25, -0.2) is 13.4 Å². The smallest absolute Gasteiger partial charge is 0.311 e. The molecule has 1 heterocycles. The fourth-order valence-corrected chi connectivity index (χ4v) is 3.71. The highest BCUT2D eigenvalue weighted by Crippen LogP contribution is 2.24. The van der Waals surface area contributed by atoms with E-state index in [0.717, 1.165) is 5.39 Å². The highest BCUT2D eigenvalue weighted by molar-refractivity contribution is 7.93. The molecule has 0 unspecified atom stereocenters. The van der Waals surface area contributed by atoms with Gasteiger partial charge in [0.2, 0.25) is 0 Å². The van der Waals surface area contributed by atoms with Crippen LogP contribution in [0, 0.1) is 0 Å². The van der Waals surface area contributed by atoms with Crippen LogP contribution in [0.3, 0.4) is 0 Å². The zero-order valence-corrected chi connectivity index (χ0v) is 14.3. The molecule has 6 nitrogen and oxygen atoms in total. The SMILES string of the molecule is COC(=O)Cc1cccc(NS(=O)(=O)c2cccc3ccccc23)n1. The molecule has 0 fully saturated rings. The van der Waals surface area contributed by atoms with E-state index >= 15 is 0 Å². The van der Waals surface area contributed by atoms with Gasteiger partial charge in [0.1, 0.15) is 5.82 Å². The van der Waals surface area contributed by atoms with Crippen LogP contribution in [0.4, 0.5) is 5.82 Å². The van der Waals surface area contributed by atoms with Crippen molar-refractivity contribution in [1.82, 2.24) is 4.98 Å². The Morgan fingerprint density at radius 2 is 1.76 bits per heavy atom. The van der Waals surface area contributed by atoms with Gasteiger partial charge in [0, 0.05) is 5.39 Å². The van der Waals surface area contributed by atoms with Crippen LogP contribution in [-0.2, 0) is 26.0 Å². The number of carbonyl (C=O) groups excluding carboxylic acids is 1. The number of nitrogens with zero attached hydrogens (tertiary/aromatic N) is 1. The van der Waals surface area contributed by atoms with E-state index in [1.807, 2.05) is 18.2 Å². The minimum atomic E-state index is -3.82. The molecule has 0 atom stereocenters. The summed E-state index contributed by atoms with van der Waals surface area (Å²) in [5.74, 6) is -0.295. The molecule has 0 amide bonds. The molecule has 0 spiro atoms. The lowest BCUT2D eigenvalue weighted by atomic mass is 10.1. The molecule has 0 saturated carbocycles. The van der Waals surface area contributed by atoms with Crippen molar-refractivity contribution in [3.05, 3.63) is 66.4 Å². The number of nitrogens with one attached hydrogen (secondary N) is 1. The molecule has 2 aromatic carbocycles. The van der Waals surface area contributed by atoms with Crippen molar-refractivity contribution in [2.75, 3.05) is 11.8 Å². The summed E-state index contributed by atoms with van der Waals surface area (Å²) in [5.41, 5.74) is 0.421. The number of rotatable bonds is 5. The Bertz CT molecular complexity index is 1030. The summed E-state index contributed by atoms with van der Waals surface area (Å²) in [6.07, 6.45) is -0.0274. The lowest BCUT2D eigenvalue weighted by Gasteiger charge is -2.10. The Labute approximate surface area is 145 Å². The van der Waals surface area contributed by atoms with Crippen LogP contribution in [0.15, 0.2) is 65.6 Å². The predicted molar refractivity (Wildman–Crippen MR) is 94.7 cm³/mol. The normalized spacial score (nSPS) is 11.2. The number of carbonyl (C=O) groups is 1.